The van der Waals surface area contributed by atoms with E-state index in [0.29, 0.717) is 11.7 Å². The number of Topliss-reactive ketones (excluding diaryl/α,β-unsaturated/α-hetero) is 1. The van der Waals surface area contributed by atoms with Gasteiger partial charge in [0.2, 0.25) is 0 Å². The normalized spacial score (nSPS) is 19.6. The van der Waals surface area contributed by atoms with Gasteiger partial charge in [-0.1, -0.05) is 83.3 Å². The molecular weight excluding hydrogens is 347 g/mol. The number of ketones is 1. The second-order valence-corrected chi connectivity index (χ2v) is 8.85. The van der Waals surface area contributed by atoms with E-state index in [2.05, 4.69) is 6.92 Å². The average molecular weight is 389 g/mol. The van der Waals surface area contributed by atoms with E-state index in [4.69, 9.17) is 0 Å². The molecule has 2 heteroatoms. The highest BCUT2D eigenvalue weighted by atomic mass is 19.1. The van der Waals surface area contributed by atoms with Gasteiger partial charge in [0.25, 0.3) is 0 Å². The Hall–Kier alpha value is -1.18. The summed E-state index contributed by atoms with van der Waals surface area (Å²) < 4.78 is 13.1. The van der Waals surface area contributed by atoms with E-state index >= 15 is 0 Å². The molecular formula is C26H41FO. The predicted octanol–water partition coefficient (Wildman–Crippen LogP) is 8.37. The highest BCUT2D eigenvalue weighted by Gasteiger charge is 2.26. The van der Waals surface area contributed by atoms with Crippen LogP contribution in [-0.2, 0) is 4.79 Å². The largest absolute Gasteiger partial charge is 0.299 e. The Balaban J connectivity index is 1.47. The van der Waals surface area contributed by atoms with Crippen LogP contribution in [0.2, 0.25) is 0 Å². The van der Waals surface area contributed by atoms with Crippen LogP contribution in [0.1, 0.15) is 121 Å². The summed E-state index contributed by atoms with van der Waals surface area (Å²) in [6.07, 6.45) is 19.6. The van der Waals surface area contributed by atoms with Gasteiger partial charge < -0.3 is 0 Å². The molecule has 158 valence electrons. The Bertz CT molecular complexity index is 528. The minimum absolute atomic E-state index is 0.167. The third-order valence-corrected chi connectivity index (χ3v) is 6.55. The molecule has 2 rings (SSSR count). The number of carbonyl (C=O) groups excluding carboxylic acids is 1. The second-order valence-electron chi connectivity index (χ2n) is 8.85. The summed E-state index contributed by atoms with van der Waals surface area (Å²) in [6, 6.07) is 6.93. The molecule has 1 nitrogen and oxygen atoms in total. The van der Waals surface area contributed by atoms with Crippen molar-refractivity contribution in [2.75, 3.05) is 0 Å². The summed E-state index contributed by atoms with van der Waals surface area (Å²) in [5.41, 5.74) is 1.23. The molecule has 1 aromatic rings. The third-order valence-electron chi connectivity index (χ3n) is 6.55. The Kier molecular flexibility index (Phi) is 11.5. The SMILES string of the molecule is CCCCCCCCCCCCCC(=O)C1CCC(c2ccc(F)cc2)CC1. The Morgan fingerprint density at radius 2 is 1.29 bits per heavy atom. The van der Waals surface area contributed by atoms with Crippen LogP contribution < -0.4 is 0 Å². The van der Waals surface area contributed by atoms with Crippen LogP contribution in [0.3, 0.4) is 0 Å². The van der Waals surface area contributed by atoms with E-state index in [9.17, 15) is 9.18 Å². The molecule has 0 aromatic heterocycles. The first-order valence-electron chi connectivity index (χ1n) is 12.0. The minimum Gasteiger partial charge on any atom is -0.299 e. The van der Waals surface area contributed by atoms with Gasteiger partial charge in [0, 0.05) is 12.3 Å². The Morgan fingerprint density at radius 3 is 1.82 bits per heavy atom. The summed E-state index contributed by atoms with van der Waals surface area (Å²) in [4.78, 5) is 12.5. The molecule has 0 atom stereocenters. The van der Waals surface area contributed by atoms with Gasteiger partial charge in [0.15, 0.2) is 0 Å². The summed E-state index contributed by atoms with van der Waals surface area (Å²) >= 11 is 0. The Morgan fingerprint density at radius 1 is 0.786 bits per heavy atom. The van der Waals surface area contributed by atoms with Gasteiger partial charge in [-0.3, -0.25) is 4.79 Å². The molecule has 0 radical (unpaired) electrons. The van der Waals surface area contributed by atoms with Crippen molar-refractivity contribution in [3.05, 3.63) is 35.6 Å². The van der Waals surface area contributed by atoms with Crippen LogP contribution in [0.4, 0.5) is 4.39 Å². The fourth-order valence-electron chi connectivity index (χ4n) is 4.65. The molecule has 1 aliphatic carbocycles. The summed E-state index contributed by atoms with van der Waals surface area (Å²) in [7, 11) is 0. The van der Waals surface area contributed by atoms with E-state index in [1.54, 1.807) is 12.1 Å². The lowest BCUT2D eigenvalue weighted by Crippen LogP contribution is -2.21. The van der Waals surface area contributed by atoms with Crippen molar-refractivity contribution >= 4 is 5.78 Å². The lowest BCUT2D eigenvalue weighted by molar-refractivity contribution is -0.124. The van der Waals surface area contributed by atoms with Crippen LogP contribution in [0.15, 0.2) is 24.3 Å². The fourth-order valence-corrected chi connectivity index (χ4v) is 4.65. The van der Waals surface area contributed by atoms with Crippen LogP contribution in [0.5, 0.6) is 0 Å². The molecule has 1 fully saturated rings. The molecule has 1 saturated carbocycles. The topological polar surface area (TPSA) is 17.1 Å². The zero-order valence-corrected chi connectivity index (χ0v) is 18.1. The number of unbranched alkanes of at least 4 members (excludes halogenated alkanes) is 10. The van der Waals surface area contributed by atoms with Gasteiger partial charge in [-0.25, -0.2) is 4.39 Å². The van der Waals surface area contributed by atoms with Crippen molar-refractivity contribution in [2.24, 2.45) is 5.92 Å². The van der Waals surface area contributed by atoms with E-state index in [1.807, 2.05) is 12.1 Å². The number of rotatable bonds is 14. The molecule has 0 amide bonds. The maximum atomic E-state index is 13.1. The molecule has 0 aliphatic heterocycles. The lowest BCUT2D eigenvalue weighted by atomic mass is 9.76. The summed E-state index contributed by atoms with van der Waals surface area (Å²) in [5.74, 6) is 1.11. The van der Waals surface area contributed by atoms with E-state index in [-0.39, 0.29) is 11.7 Å². The smallest absolute Gasteiger partial charge is 0.135 e. The zero-order chi connectivity index (χ0) is 20.0. The highest BCUT2D eigenvalue weighted by molar-refractivity contribution is 5.81. The lowest BCUT2D eigenvalue weighted by Gasteiger charge is -2.28. The number of hydrogen-bond acceptors (Lipinski definition) is 1. The van der Waals surface area contributed by atoms with Crippen molar-refractivity contribution in [2.45, 2.75) is 116 Å². The maximum Gasteiger partial charge on any atom is 0.135 e. The average Bonchev–Trinajstić information content (AvgIpc) is 2.72. The maximum absolute atomic E-state index is 13.1. The number of benzene rings is 1. The van der Waals surface area contributed by atoms with Gasteiger partial charge in [0.1, 0.15) is 11.6 Å². The second kappa shape index (κ2) is 13.9. The van der Waals surface area contributed by atoms with Gasteiger partial charge in [0.05, 0.1) is 0 Å². The molecule has 0 heterocycles. The van der Waals surface area contributed by atoms with Crippen LogP contribution in [0, 0.1) is 11.7 Å². The van der Waals surface area contributed by atoms with Gasteiger partial charge >= 0.3 is 0 Å². The molecule has 0 spiro atoms. The number of carbonyl (C=O) groups is 1. The molecule has 28 heavy (non-hydrogen) atoms. The molecule has 0 unspecified atom stereocenters. The third kappa shape index (κ3) is 8.88. The van der Waals surface area contributed by atoms with Gasteiger partial charge in [-0.05, 0) is 55.7 Å². The Labute approximate surface area is 172 Å². The van der Waals surface area contributed by atoms with E-state index < -0.39 is 0 Å². The molecule has 1 aliphatic rings. The number of halogens is 1. The minimum atomic E-state index is -0.167. The van der Waals surface area contributed by atoms with Crippen LogP contribution >= 0.6 is 0 Å². The fraction of sp³-hybridized carbons (Fsp3) is 0.731. The zero-order valence-electron chi connectivity index (χ0n) is 18.1. The van der Waals surface area contributed by atoms with E-state index in [1.165, 1.54) is 69.8 Å². The van der Waals surface area contributed by atoms with Gasteiger partial charge in [-0.15, -0.1) is 0 Å². The summed E-state index contributed by atoms with van der Waals surface area (Å²) in [6.45, 7) is 2.27. The van der Waals surface area contributed by atoms with Crippen molar-refractivity contribution in [3.63, 3.8) is 0 Å². The molecule has 0 saturated heterocycles. The van der Waals surface area contributed by atoms with Crippen molar-refractivity contribution < 1.29 is 9.18 Å². The summed E-state index contributed by atoms with van der Waals surface area (Å²) in [5, 5.41) is 0. The first kappa shape index (κ1) is 23.1. The monoisotopic (exact) mass is 388 g/mol. The first-order chi connectivity index (χ1) is 13.7. The quantitative estimate of drug-likeness (QED) is 0.292. The van der Waals surface area contributed by atoms with Crippen LogP contribution in [0.25, 0.3) is 0 Å². The first-order valence-corrected chi connectivity index (χ1v) is 12.0. The van der Waals surface area contributed by atoms with Gasteiger partial charge in [-0.2, -0.15) is 0 Å². The molecule has 1 aromatic carbocycles. The molecule has 0 bridgehead atoms. The predicted molar refractivity (Wildman–Crippen MR) is 117 cm³/mol. The standard InChI is InChI=1S/C26H41FO/c1-2-3-4-5-6-7-8-9-10-11-12-13-26(28)24-16-14-22(15-17-24)23-18-20-25(27)21-19-23/h18-22,24H,2-17H2,1H3. The van der Waals surface area contributed by atoms with Crippen molar-refractivity contribution in [3.8, 4) is 0 Å². The van der Waals surface area contributed by atoms with E-state index in [0.717, 1.165) is 38.5 Å². The number of hydrogen-bond donors (Lipinski definition) is 0. The van der Waals surface area contributed by atoms with Crippen LogP contribution in [-0.4, -0.2) is 5.78 Å². The van der Waals surface area contributed by atoms with Crippen molar-refractivity contribution in [1.29, 1.82) is 0 Å². The van der Waals surface area contributed by atoms with Crippen molar-refractivity contribution in [1.82, 2.24) is 0 Å². The molecule has 0 N–H and O–H groups in total. The highest BCUT2D eigenvalue weighted by Crippen LogP contribution is 2.36.